The third-order valence-electron chi connectivity index (χ3n) is 3.52. The van der Waals surface area contributed by atoms with Gasteiger partial charge in [-0.25, -0.2) is 4.39 Å². The molecule has 1 fully saturated rings. The number of aliphatic hydroxyl groups excluding tert-OH is 1. The van der Waals surface area contributed by atoms with Gasteiger partial charge in [0, 0.05) is 0 Å². The number of halogens is 1. The molecular weight excluding hydrogens is 236 g/mol. The van der Waals surface area contributed by atoms with Crippen molar-refractivity contribution in [2.75, 3.05) is 0 Å². The minimum Gasteiger partial charge on any atom is -0.398 e. The van der Waals surface area contributed by atoms with E-state index in [1.165, 1.54) is 12.1 Å². The van der Waals surface area contributed by atoms with Crippen molar-refractivity contribution in [2.45, 2.75) is 45.5 Å². The van der Waals surface area contributed by atoms with Crippen LogP contribution in [-0.4, -0.2) is 28.4 Å². The lowest BCUT2D eigenvalue weighted by Crippen LogP contribution is -2.41. The van der Waals surface area contributed by atoms with Crippen LogP contribution in [0.25, 0.3) is 0 Å². The smallest absolute Gasteiger partial charge is 0.398 e. The van der Waals surface area contributed by atoms with Gasteiger partial charge in [0.05, 0.1) is 29.1 Å². The van der Waals surface area contributed by atoms with Crippen molar-refractivity contribution in [1.82, 2.24) is 4.98 Å². The maximum absolute atomic E-state index is 13.4. The quantitative estimate of drug-likeness (QED) is 0.799. The molecule has 1 aromatic heterocycles. The Kier molecular flexibility index (Phi) is 3.21. The molecule has 98 valence electrons. The molecule has 0 unspecified atom stereocenters. The third kappa shape index (κ3) is 2.28. The first-order valence-corrected chi connectivity index (χ1v) is 5.88. The fourth-order valence-electron chi connectivity index (χ4n) is 1.74. The van der Waals surface area contributed by atoms with Crippen molar-refractivity contribution in [3.63, 3.8) is 0 Å². The molecule has 0 aromatic carbocycles. The van der Waals surface area contributed by atoms with Gasteiger partial charge in [0.25, 0.3) is 0 Å². The summed E-state index contributed by atoms with van der Waals surface area (Å²) in [5.74, 6) is -0.459. The van der Waals surface area contributed by atoms with Crippen LogP contribution in [-0.2, 0) is 15.9 Å². The Bertz CT molecular complexity index is 449. The molecule has 4 nitrogen and oxygen atoms in total. The van der Waals surface area contributed by atoms with E-state index in [0.717, 1.165) is 0 Å². The zero-order valence-electron chi connectivity index (χ0n) is 11.0. The molecule has 0 spiro atoms. The van der Waals surface area contributed by atoms with Gasteiger partial charge >= 0.3 is 7.12 Å². The second kappa shape index (κ2) is 4.29. The maximum Gasteiger partial charge on any atom is 0.514 e. The molecule has 0 saturated carbocycles. The highest BCUT2D eigenvalue weighted by Gasteiger charge is 2.52. The fraction of sp³-hybridized carbons (Fsp3) is 0.583. The number of hydrogen-bond acceptors (Lipinski definition) is 4. The molecule has 2 heterocycles. The highest BCUT2D eigenvalue weighted by atomic mass is 19.1. The van der Waals surface area contributed by atoms with E-state index in [0.29, 0.717) is 5.59 Å². The molecule has 18 heavy (non-hydrogen) atoms. The second-order valence-electron chi connectivity index (χ2n) is 5.45. The molecule has 0 aliphatic carbocycles. The number of pyridine rings is 1. The zero-order chi connectivity index (χ0) is 13.6. The largest absolute Gasteiger partial charge is 0.514 e. The van der Waals surface area contributed by atoms with Crippen LogP contribution >= 0.6 is 0 Å². The van der Waals surface area contributed by atoms with E-state index < -0.39 is 24.1 Å². The number of hydrogen-bond donors (Lipinski definition) is 1. The summed E-state index contributed by atoms with van der Waals surface area (Å²) in [5.41, 5.74) is -0.381. The Balaban J connectivity index is 2.32. The first kappa shape index (κ1) is 13.5. The molecule has 1 N–H and O–H groups in total. The van der Waals surface area contributed by atoms with Crippen LogP contribution in [0.5, 0.6) is 0 Å². The lowest BCUT2D eigenvalue weighted by molar-refractivity contribution is 0.00578. The van der Waals surface area contributed by atoms with Crippen LogP contribution < -0.4 is 5.59 Å². The average Bonchev–Trinajstić information content (AvgIpc) is 2.47. The Morgan fingerprint density at radius 3 is 2.28 bits per heavy atom. The summed E-state index contributed by atoms with van der Waals surface area (Å²) in [5, 5.41) is 9.02. The maximum atomic E-state index is 13.4. The number of aromatic nitrogens is 1. The topological polar surface area (TPSA) is 51.6 Å². The van der Waals surface area contributed by atoms with Crippen molar-refractivity contribution < 1.29 is 18.8 Å². The van der Waals surface area contributed by atoms with Gasteiger partial charge in [0.1, 0.15) is 5.82 Å². The van der Waals surface area contributed by atoms with Gasteiger partial charge in [-0.3, -0.25) is 4.98 Å². The predicted molar refractivity (Wildman–Crippen MR) is 65.8 cm³/mol. The minimum atomic E-state index is -0.712. The molecule has 1 aliphatic heterocycles. The van der Waals surface area contributed by atoms with E-state index in [4.69, 9.17) is 14.4 Å². The minimum absolute atomic E-state index is 0.264. The molecule has 6 heteroatoms. The van der Waals surface area contributed by atoms with Gasteiger partial charge in [-0.15, -0.1) is 0 Å². The highest BCUT2D eigenvalue weighted by Crippen LogP contribution is 2.36. The number of rotatable bonds is 2. The van der Waals surface area contributed by atoms with E-state index in [9.17, 15) is 4.39 Å². The summed E-state index contributed by atoms with van der Waals surface area (Å²) in [6.45, 7) is 7.35. The Labute approximate surface area is 106 Å². The van der Waals surface area contributed by atoms with Gasteiger partial charge in [-0.05, 0) is 39.8 Å². The molecule has 0 bridgehead atoms. The summed E-state index contributed by atoms with van der Waals surface area (Å²) in [6, 6.07) is 2.45. The van der Waals surface area contributed by atoms with Gasteiger partial charge < -0.3 is 14.4 Å². The summed E-state index contributed by atoms with van der Waals surface area (Å²) < 4.78 is 24.9. The Morgan fingerprint density at radius 1 is 1.22 bits per heavy atom. The van der Waals surface area contributed by atoms with Crippen molar-refractivity contribution in [1.29, 1.82) is 0 Å². The molecule has 0 atom stereocenters. The SMILES string of the molecule is CC1(C)OB(c2cc(F)cc(CO)n2)OC1(C)C. The second-order valence-corrected chi connectivity index (χ2v) is 5.45. The lowest BCUT2D eigenvalue weighted by atomic mass is 9.84. The molecule has 2 rings (SSSR count). The van der Waals surface area contributed by atoms with E-state index in [1.54, 1.807) is 0 Å². The summed E-state index contributed by atoms with van der Waals surface area (Å²) in [7, 11) is -0.712. The standard InChI is InChI=1S/C12H17BFNO3/c1-11(2)12(3,4)18-13(17-11)10-6-8(14)5-9(7-16)15-10/h5-6,16H,7H2,1-4H3. The normalized spacial score (nSPS) is 21.3. The average molecular weight is 253 g/mol. The first-order chi connectivity index (χ1) is 8.25. The van der Waals surface area contributed by atoms with Crippen LogP contribution in [0.1, 0.15) is 33.4 Å². The van der Waals surface area contributed by atoms with Crippen molar-refractivity contribution in [3.05, 3.63) is 23.6 Å². The van der Waals surface area contributed by atoms with Crippen LogP contribution in [0.2, 0.25) is 0 Å². The number of nitrogens with zero attached hydrogens (tertiary/aromatic N) is 1. The van der Waals surface area contributed by atoms with Crippen LogP contribution in [0.4, 0.5) is 4.39 Å². The zero-order valence-corrected chi connectivity index (χ0v) is 11.0. The van der Waals surface area contributed by atoms with E-state index in [1.807, 2.05) is 27.7 Å². The van der Waals surface area contributed by atoms with Crippen molar-refractivity contribution >= 4 is 12.7 Å². The van der Waals surface area contributed by atoms with Crippen molar-refractivity contribution in [3.8, 4) is 0 Å². The molecule has 0 radical (unpaired) electrons. The lowest BCUT2D eigenvalue weighted by Gasteiger charge is -2.32. The van der Waals surface area contributed by atoms with Gasteiger partial charge in [-0.1, -0.05) is 0 Å². The van der Waals surface area contributed by atoms with E-state index in [-0.39, 0.29) is 12.3 Å². The molecule has 1 saturated heterocycles. The summed E-state index contributed by atoms with van der Waals surface area (Å²) >= 11 is 0. The number of aliphatic hydroxyl groups is 1. The van der Waals surface area contributed by atoms with Gasteiger partial charge in [-0.2, -0.15) is 0 Å². The molecule has 1 aliphatic rings. The predicted octanol–water partition coefficient (Wildman–Crippen LogP) is 1.01. The van der Waals surface area contributed by atoms with Gasteiger partial charge in [0.15, 0.2) is 0 Å². The van der Waals surface area contributed by atoms with Gasteiger partial charge in [0.2, 0.25) is 0 Å². The van der Waals surface area contributed by atoms with E-state index in [2.05, 4.69) is 4.98 Å². The first-order valence-electron chi connectivity index (χ1n) is 5.88. The third-order valence-corrected chi connectivity index (χ3v) is 3.52. The van der Waals surface area contributed by atoms with Crippen LogP contribution in [0.15, 0.2) is 12.1 Å². The molecule has 1 aromatic rings. The van der Waals surface area contributed by atoms with Crippen molar-refractivity contribution in [2.24, 2.45) is 0 Å². The van der Waals surface area contributed by atoms with E-state index >= 15 is 0 Å². The Hall–Kier alpha value is -0.975. The monoisotopic (exact) mass is 253 g/mol. The Morgan fingerprint density at radius 2 is 1.78 bits per heavy atom. The highest BCUT2D eigenvalue weighted by molar-refractivity contribution is 6.61. The fourth-order valence-corrected chi connectivity index (χ4v) is 1.74. The van der Waals surface area contributed by atoms with Crippen LogP contribution in [0.3, 0.4) is 0 Å². The molecule has 0 amide bonds. The summed E-state index contributed by atoms with van der Waals surface area (Å²) in [6.07, 6.45) is 0. The van der Waals surface area contributed by atoms with Crippen LogP contribution in [0, 0.1) is 5.82 Å². The molecular formula is C12H17BFNO3. The summed E-state index contributed by atoms with van der Waals surface area (Å²) in [4.78, 5) is 4.13.